The van der Waals surface area contributed by atoms with Gasteiger partial charge in [-0.05, 0) is 50.5 Å². The van der Waals surface area contributed by atoms with Crippen LogP contribution in [-0.4, -0.2) is 36.0 Å². The maximum Gasteiger partial charge on any atom is 0.226 e. The van der Waals surface area contributed by atoms with Crippen LogP contribution in [0.4, 0.5) is 0 Å². The summed E-state index contributed by atoms with van der Waals surface area (Å²) in [6.07, 6.45) is 9.81. The van der Waals surface area contributed by atoms with E-state index < -0.39 is 0 Å². The molecule has 0 aromatic heterocycles. The average Bonchev–Trinajstić information content (AvgIpc) is 3.12. The molecule has 0 radical (unpaired) electrons. The van der Waals surface area contributed by atoms with Crippen molar-refractivity contribution < 1.29 is 4.79 Å². The third-order valence-electron chi connectivity index (χ3n) is 5.66. The van der Waals surface area contributed by atoms with Gasteiger partial charge in [-0.3, -0.25) is 4.79 Å². The van der Waals surface area contributed by atoms with Crippen molar-refractivity contribution in [3.05, 3.63) is 0 Å². The van der Waals surface area contributed by atoms with Crippen LogP contribution in [0.3, 0.4) is 0 Å². The van der Waals surface area contributed by atoms with Crippen LogP contribution in [0.25, 0.3) is 0 Å². The largest absolute Gasteiger partial charge is 0.338 e. The number of hydrogen-bond donors (Lipinski definition) is 1. The predicted octanol–water partition coefficient (Wildman–Crippen LogP) is 2.95. The molecule has 2 unspecified atom stereocenters. The Hall–Kier alpha value is -0.570. The van der Waals surface area contributed by atoms with Gasteiger partial charge < -0.3 is 10.2 Å². The van der Waals surface area contributed by atoms with Gasteiger partial charge in [-0.2, -0.15) is 0 Å². The number of nitrogens with one attached hydrogen (secondary N) is 1. The molecule has 2 atom stereocenters. The number of nitrogens with zero attached hydrogens (tertiary/aromatic N) is 1. The zero-order valence-electron chi connectivity index (χ0n) is 13.2. The molecule has 1 heterocycles. The maximum absolute atomic E-state index is 13.1. The van der Waals surface area contributed by atoms with Crippen LogP contribution in [0.1, 0.15) is 65.2 Å². The zero-order valence-corrected chi connectivity index (χ0v) is 13.2. The second-order valence-corrected chi connectivity index (χ2v) is 7.80. The summed E-state index contributed by atoms with van der Waals surface area (Å²) in [5.41, 5.74) is 0.200. The molecule has 1 aliphatic heterocycles. The summed E-state index contributed by atoms with van der Waals surface area (Å²) in [6.45, 7) is 6.68. The highest BCUT2D eigenvalue weighted by atomic mass is 16.2. The first-order chi connectivity index (χ1) is 9.58. The fourth-order valence-corrected chi connectivity index (χ4v) is 4.11. The molecule has 114 valence electrons. The Morgan fingerprint density at radius 1 is 1.15 bits per heavy atom. The third-order valence-corrected chi connectivity index (χ3v) is 5.66. The van der Waals surface area contributed by atoms with Crippen LogP contribution < -0.4 is 5.32 Å². The van der Waals surface area contributed by atoms with Crippen LogP contribution in [0.15, 0.2) is 0 Å². The molecule has 20 heavy (non-hydrogen) atoms. The number of amides is 1. The predicted molar refractivity (Wildman–Crippen MR) is 81.5 cm³/mol. The lowest BCUT2D eigenvalue weighted by molar-refractivity contribution is -0.142. The van der Waals surface area contributed by atoms with Crippen molar-refractivity contribution in [2.45, 2.75) is 77.3 Å². The molecule has 0 aromatic carbocycles. The zero-order chi connectivity index (χ0) is 14.2. The van der Waals surface area contributed by atoms with Crippen molar-refractivity contribution in [3.8, 4) is 0 Å². The Kier molecular flexibility index (Phi) is 4.07. The van der Waals surface area contributed by atoms with E-state index in [4.69, 9.17) is 0 Å². The molecule has 2 aliphatic carbocycles. The van der Waals surface area contributed by atoms with E-state index in [-0.39, 0.29) is 11.3 Å². The fourth-order valence-electron chi connectivity index (χ4n) is 4.11. The summed E-state index contributed by atoms with van der Waals surface area (Å²) in [4.78, 5) is 15.3. The molecular formula is C17H30N2O. The normalized spacial score (nSPS) is 33.1. The van der Waals surface area contributed by atoms with Crippen molar-refractivity contribution in [1.29, 1.82) is 0 Å². The molecule has 3 aliphatic rings. The standard InChI is InChI=1S/C17H30N2O/c1-17(2)10-4-3-7-15(17)16(20)19(14-8-9-14)12-13-6-5-11-18-13/h13-15,18H,3-12H2,1-2H3. The van der Waals surface area contributed by atoms with Crippen molar-refractivity contribution in [2.75, 3.05) is 13.1 Å². The van der Waals surface area contributed by atoms with Crippen molar-refractivity contribution in [1.82, 2.24) is 10.2 Å². The summed E-state index contributed by atoms with van der Waals surface area (Å²) < 4.78 is 0. The summed E-state index contributed by atoms with van der Waals surface area (Å²) in [5.74, 6) is 0.726. The summed E-state index contributed by atoms with van der Waals surface area (Å²) in [7, 11) is 0. The maximum atomic E-state index is 13.1. The topological polar surface area (TPSA) is 32.3 Å². The van der Waals surface area contributed by atoms with E-state index in [1.807, 2.05) is 0 Å². The van der Waals surface area contributed by atoms with Gasteiger partial charge in [0.1, 0.15) is 0 Å². The number of rotatable bonds is 4. The van der Waals surface area contributed by atoms with Gasteiger partial charge in [0.15, 0.2) is 0 Å². The van der Waals surface area contributed by atoms with Crippen LogP contribution in [0.5, 0.6) is 0 Å². The highest BCUT2D eigenvalue weighted by Gasteiger charge is 2.43. The molecule has 3 nitrogen and oxygen atoms in total. The molecule has 3 fully saturated rings. The molecule has 1 saturated heterocycles. The third kappa shape index (κ3) is 3.03. The van der Waals surface area contributed by atoms with Gasteiger partial charge in [0.2, 0.25) is 5.91 Å². The first-order valence-electron chi connectivity index (χ1n) is 8.62. The minimum Gasteiger partial charge on any atom is -0.338 e. The Bertz CT molecular complexity index is 356. The number of hydrogen-bond acceptors (Lipinski definition) is 2. The summed E-state index contributed by atoms with van der Waals surface area (Å²) in [6, 6.07) is 1.11. The van der Waals surface area contributed by atoms with E-state index in [2.05, 4.69) is 24.1 Å². The molecule has 2 saturated carbocycles. The van der Waals surface area contributed by atoms with Gasteiger partial charge in [0, 0.05) is 24.5 Å². The van der Waals surface area contributed by atoms with E-state index in [9.17, 15) is 4.79 Å². The minimum atomic E-state index is 0.200. The van der Waals surface area contributed by atoms with Gasteiger partial charge in [-0.1, -0.05) is 26.7 Å². The minimum absolute atomic E-state index is 0.200. The Balaban J connectivity index is 1.68. The molecule has 3 heteroatoms. The second kappa shape index (κ2) is 5.67. The first kappa shape index (κ1) is 14.4. The number of carbonyl (C=O) groups excluding carboxylic acids is 1. The van der Waals surface area contributed by atoms with Gasteiger partial charge in [-0.15, -0.1) is 0 Å². The molecule has 1 N–H and O–H groups in total. The Morgan fingerprint density at radius 3 is 2.55 bits per heavy atom. The van der Waals surface area contributed by atoms with E-state index >= 15 is 0 Å². The molecule has 0 bridgehead atoms. The van der Waals surface area contributed by atoms with Gasteiger partial charge in [0.25, 0.3) is 0 Å². The first-order valence-corrected chi connectivity index (χ1v) is 8.62. The van der Waals surface area contributed by atoms with Crippen LogP contribution in [0, 0.1) is 11.3 Å². The second-order valence-electron chi connectivity index (χ2n) is 7.80. The fraction of sp³-hybridized carbons (Fsp3) is 0.941. The highest BCUT2D eigenvalue weighted by Crippen LogP contribution is 2.43. The lowest BCUT2D eigenvalue weighted by atomic mass is 9.68. The average molecular weight is 278 g/mol. The van der Waals surface area contributed by atoms with Crippen LogP contribution >= 0.6 is 0 Å². The van der Waals surface area contributed by atoms with Gasteiger partial charge in [-0.25, -0.2) is 0 Å². The van der Waals surface area contributed by atoms with Crippen molar-refractivity contribution in [2.24, 2.45) is 11.3 Å². The van der Waals surface area contributed by atoms with E-state index in [0.29, 0.717) is 18.0 Å². The van der Waals surface area contributed by atoms with Gasteiger partial charge in [0.05, 0.1) is 0 Å². The summed E-state index contributed by atoms with van der Waals surface area (Å²) >= 11 is 0. The quantitative estimate of drug-likeness (QED) is 0.857. The Labute approximate surface area is 123 Å². The monoisotopic (exact) mass is 278 g/mol. The summed E-state index contributed by atoms with van der Waals surface area (Å²) in [5, 5.41) is 3.55. The molecular weight excluding hydrogens is 248 g/mol. The van der Waals surface area contributed by atoms with E-state index in [0.717, 1.165) is 19.5 Å². The van der Waals surface area contributed by atoms with E-state index in [1.165, 1.54) is 44.9 Å². The lowest BCUT2D eigenvalue weighted by Crippen LogP contribution is -2.48. The smallest absolute Gasteiger partial charge is 0.226 e. The molecule has 3 rings (SSSR count). The van der Waals surface area contributed by atoms with Crippen molar-refractivity contribution in [3.63, 3.8) is 0 Å². The van der Waals surface area contributed by atoms with E-state index in [1.54, 1.807) is 0 Å². The lowest BCUT2D eigenvalue weighted by Gasteiger charge is -2.41. The molecule has 1 amide bonds. The molecule has 0 spiro atoms. The Morgan fingerprint density at radius 2 is 1.95 bits per heavy atom. The van der Waals surface area contributed by atoms with Crippen LogP contribution in [0.2, 0.25) is 0 Å². The SMILES string of the molecule is CC1(C)CCCCC1C(=O)N(CC1CCCN1)C1CC1. The highest BCUT2D eigenvalue weighted by molar-refractivity contribution is 5.80. The van der Waals surface area contributed by atoms with Gasteiger partial charge >= 0.3 is 0 Å². The molecule has 0 aromatic rings. The van der Waals surface area contributed by atoms with Crippen molar-refractivity contribution >= 4 is 5.91 Å². The van der Waals surface area contributed by atoms with Crippen LogP contribution in [-0.2, 0) is 4.79 Å². The number of carbonyl (C=O) groups is 1.